The van der Waals surface area contributed by atoms with Crippen molar-refractivity contribution in [1.29, 1.82) is 0 Å². The lowest BCUT2D eigenvalue weighted by Crippen LogP contribution is -2.27. The van der Waals surface area contributed by atoms with Crippen molar-refractivity contribution >= 4 is 5.97 Å². The van der Waals surface area contributed by atoms with E-state index in [0.717, 1.165) is 19.1 Å². The van der Waals surface area contributed by atoms with Crippen LogP contribution in [0.2, 0.25) is 0 Å². The Bertz CT molecular complexity index is 450. The molecule has 1 aliphatic carbocycles. The van der Waals surface area contributed by atoms with E-state index in [-0.39, 0.29) is 0 Å². The van der Waals surface area contributed by atoms with E-state index in [9.17, 15) is 4.79 Å². The van der Waals surface area contributed by atoms with Crippen molar-refractivity contribution < 1.29 is 9.90 Å². The summed E-state index contributed by atoms with van der Waals surface area (Å²) >= 11 is 0. The molecule has 0 saturated heterocycles. The summed E-state index contributed by atoms with van der Waals surface area (Å²) in [6.45, 7) is 1.93. The number of hydrogen-bond donors (Lipinski definition) is 1. The van der Waals surface area contributed by atoms with E-state index in [2.05, 4.69) is 4.90 Å². The number of benzene rings is 1. The third-order valence-corrected chi connectivity index (χ3v) is 4.04. The minimum Gasteiger partial charge on any atom is -0.478 e. The van der Waals surface area contributed by atoms with E-state index in [4.69, 9.17) is 5.11 Å². The van der Waals surface area contributed by atoms with E-state index in [1.807, 2.05) is 12.1 Å². The molecule has 1 fully saturated rings. The lowest BCUT2D eigenvalue weighted by atomic mass is 10.1. The second-order valence-electron chi connectivity index (χ2n) is 5.13. The lowest BCUT2D eigenvalue weighted by molar-refractivity contribution is 0.0696. The fourth-order valence-electron chi connectivity index (χ4n) is 3.08. The number of rotatable bonds is 2. The molecule has 90 valence electrons. The van der Waals surface area contributed by atoms with Crippen LogP contribution in [0.1, 0.15) is 47.2 Å². The molecule has 1 heterocycles. The predicted molar refractivity (Wildman–Crippen MR) is 64.9 cm³/mol. The molecule has 2 aliphatic rings. The van der Waals surface area contributed by atoms with Crippen molar-refractivity contribution in [2.75, 3.05) is 0 Å². The van der Waals surface area contributed by atoms with E-state index >= 15 is 0 Å². The highest BCUT2D eigenvalue weighted by Crippen LogP contribution is 2.31. The Morgan fingerprint density at radius 1 is 1.18 bits per heavy atom. The van der Waals surface area contributed by atoms with Gasteiger partial charge < -0.3 is 5.11 Å². The van der Waals surface area contributed by atoms with E-state index in [0.29, 0.717) is 5.56 Å². The van der Waals surface area contributed by atoms with Crippen molar-refractivity contribution in [1.82, 2.24) is 4.90 Å². The molecular formula is C14H17NO2. The van der Waals surface area contributed by atoms with Gasteiger partial charge in [-0.05, 0) is 36.1 Å². The van der Waals surface area contributed by atoms with Crippen LogP contribution < -0.4 is 0 Å². The highest BCUT2D eigenvalue weighted by molar-refractivity contribution is 5.87. The van der Waals surface area contributed by atoms with E-state index in [1.165, 1.54) is 36.8 Å². The SMILES string of the molecule is O=C(O)c1ccc2c(c1)CN(C1CCCC1)C2. The molecular weight excluding hydrogens is 214 g/mol. The van der Waals surface area contributed by atoms with Gasteiger partial charge in [-0.15, -0.1) is 0 Å². The van der Waals surface area contributed by atoms with Crippen LogP contribution in [0, 0.1) is 0 Å². The number of carboxylic acid groups (broad SMARTS) is 1. The Morgan fingerprint density at radius 3 is 2.59 bits per heavy atom. The monoisotopic (exact) mass is 231 g/mol. The fourth-order valence-corrected chi connectivity index (χ4v) is 3.08. The summed E-state index contributed by atoms with van der Waals surface area (Å²) < 4.78 is 0. The van der Waals surface area contributed by atoms with Gasteiger partial charge in [0.15, 0.2) is 0 Å². The van der Waals surface area contributed by atoms with Crippen LogP contribution >= 0.6 is 0 Å². The molecule has 1 N–H and O–H groups in total. The minimum atomic E-state index is -0.827. The molecule has 0 aromatic heterocycles. The van der Waals surface area contributed by atoms with Crippen LogP contribution in [0.3, 0.4) is 0 Å². The fraction of sp³-hybridized carbons (Fsp3) is 0.500. The molecule has 3 rings (SSSR count). The maximum atomic E-state index is 10.9. The average Bonchev–Trinajstić information content (AvgIpc) is 2.96. The lowest BCUT2D eigenvalue weighted by Gasteiger charge is -2.22. The standard InChI is InChI=1S/C14H17NO2/c16-14(17)10-5-6-11-8-15(9-12(11)7-10)13-3-1-2-4-13/h5-7,13H,1-4,8-9H2,(H,16,17). The van der Waals surface area contributed by atoms with Gasteiger partial charge >= 0.3 is 5.97 Å². The van der Waals surface area contributed by atoms with Crippen LogP contribution in [-0.2, 0) is 13.1 Å². The molecule has 1 saturated carbocycles. The average molecular weight is 231 g/mol. The topological polar surface area (TPSA) is 40.5 Å². The second-order valence-corrected chi connectivity index (χ2v) is 5.13. The maximum absolute atomic E-state index is 10.9. The number of fused-ring (bicyclic) bond motifs is 1. The quantitative estimate of drug-likeness (QED) is 0.850. The third-order valence-electron chi connectivity index (χ3n) is 4.04. The first-order valence-corrected chi connectivity index (χ1v) is 6.33. The number of carbonyl (C=O) groups is 1. The van der Waals surface area contributed by atoms with Gasteiger partial charge in [0.25, 0.3) is 0 Å². The number of hydrogen-bond acceptors (Lipinski definition) is 2. The maximum Gasteiger partial charge on any atom is 0.335 e. The molecule has 3 heteroatoms. The summed E-state index contributed by atoms with van der Waals surface area (Å²) in [6.07, 6.45) is 5.30. The molecule has 1 aromatic carbocycles. The van der Waals surface area contributed by atoms with Crippen LogP contribution in [0.5, 0.6) is 0 Å². The van der Waals surface area contributed by atoms with Crippen molar-refractivity contribution in [2.45, 2.75) is 44.8 Å². The normalized spacial score (nSPS) is 20.7. The molecule has 0 bridgehead atoms. The smallest absolute Gasteiger partial charge is 0.335 e. The Hall–Kier alpha value is -1.35. The van der Waals surface area contributed by atoms with Crippen molar-refractivity contribution in [3.8, 4) is 0 Å². The molecule has 0 radical (unpaired) electrons. The molecule has 3 nitrogen and oxygen atoms in total. The van der Waals surface area contributed by atoms with Crippen LogP contribution in [-0.4, -0.2) is 22.0 Å². The van der Waals surface area contributed by atoms with Crippen LogP contribution in [0.25, 0.3) is 0 Å². The van der Waals surface area contributed by atoms with Crippen molar-refractivity contribution in [3.63, 3.8) is 0 Å². The Balaban J connectivity index is 1.80. The van der Waals surface area contributed by atoms with Crippen LogP contribution in [0.4, 0.5) is 0 Å². The Labute approximate surface area is 101 Å². The van der Waals surface area contributed by atoms with Gasteiger partial charge in [-0.25, -0.2) is 4.79 Å². The molecule has 0 unspecified atom stereocenters. The summed E-state index contributed by atoms with van der Waals surface area (Å²) in [5, 5.41) is 8.98. The molecule has 0 atom stereocenters. The zero-order valence-corrected chi connectivity index (χ0v) is 9.85. The van der Waals surface area contributed by atoms with E-state index in [1.54, 1.807) is 6.07 Å². The molecule has 1 aliphatic heterocycles. The number of carboxylic acids is 1. The van der Waals surface area contributed by atoms with Crippen LogP contribution in [0.15, 0.2) is 18.2 Å². The largest absolute Gasteiger partial charge is 0.478 e. The van der Waals surface area contributed by atoms with Gasteiger partial charge in [0.1, 0.15) is 0 Å². The summed E-state index contributed by atoms with van der Waals surface area (Å²) in [5.74, 6) is -0.827. The van der Waals surface area contributed by atoms with Crippen molar-refractivity contribution in [3.05, 3.63) is 34.9 Å². The predicted octanol–water partition coefficient (Wildman–Crippen LogP) is 2.64. The minimum absolute atomic E-state index is 0.414. The first kappa shape index (κ1) is 10.8. The summed E-state index contributed by atoms with van der Waals surface area (Å²) in [5.41, 5.74) is 2.93. The third kappa shape index (κ3) is 1.95. The van der Waals surface area contributed by atoms with Gasteiger partial charge in [-0.3, -0.25) is 4.90 Å². The molecule has 0 spiro atoms. The highest BCUT2D eigenvalue weighted by Gasteiger charge is 2.28. The number of aromatic carboxylic acids is 1. The number of nitrogens with zero attached hydrogens (tertiary/aromatic N) is 1. The molecule has 17 heavy (non-hydrogen) atoms. The van der Waals surface area contributed by atoms with Gasteiger partial charge in [0.05, 0.1) is 5.56 Å². The first-order valence-electron chi connectivity index (χ1n) is 6.33. The Morgan fingerprint density at radius 2 is 1.88 bits per heavy atom. The second kappa shape index (κ2) is 4.15. The summed E-state index contributed by atoms with van der Waals surface area (Å²) in [7, 11) is 0. The van der Waals surface area contributed by atoms with Gasteiger partial charge in [0.2, 0.25) is 0 Å². The van der Waals surface area contributed by atoms with Gasteiger partial charge in [-0.1, -0.05) is 18.9 Å². The first-order chi connectivity index (χ1) is 8.24. The summed E-state index contributed by atoms with van der Waals surface area (Å²) in [6, 6.07) is 6.26. The zero-order chi connectivity index (χ0) is 11.8. The van der Waals surface area contributed by atoms with E-state index < -0.39 is 5.97 Å². The van der Waals surface area contributed by atoms with Gasteiger partial charge in [-0.2, -0.15) is 0 Å². The van der Waals surface area contributed by atoms with Gasteiger partial charge in [0, 0.05) is 19.1 Å². The molecule has 0 amide bonds. The highest BCUT2D eigenvalue weighted by atomic mass is 16.4. The zero-order valence-electron chi connectivity index (χ0n) is 9.85. The Kier molecular flexibility index (Phi) is 2.63. The molecule has 1 aromatic rings. The summed E-state index contributed by atoms with van der Waals surface area (Å²) in [4.78, 5) is 13.4. The van der Waals surface area contributed by atoms with Crippen molar-refractivity contribution in [2.24, 2.45) is 0 Å².